The molecule has 3 heterocycles. The first-order valence-electron chi connectivity index (χ1n) is 11.9. The number of methoxy groups -OCH3 is 1. The highest BCUT2D eigenvalue weighted by atomic mass is 19.1. The van der Waals surface area contributed by atoms with Crippen molar-refractivity contribution >= 4 is 22.8 Å². The number of phenols is 1. The number of halogens is 1. The van der Waals surface area contributed by atoms with Crippen LogP contribution in [0.25, 0.3) is 33.3 Å². The fourth-order valence-electron chi connectivity index (χ4n) is 4.90. The van der Waals surface area contributed by atoms with Gasteiger partial charge in [0.25, 0.3) is 0 Å². The molecule has 2 aromatic heterocycles. The van der Waals surface area contributed by atoms with Crippen LogP contribution in [-0.4, -0.2) is 52.3 Å². The summed E-state index contributed by atoms with van der Waals surface area (Å²) in [4.78, 5) is 18.3. The van der Waals surface area contributed by atoms with Crippen LogP contribution in [-0.2, 0) is 11.8 Å². The number of nitrogens with two attached hydrogens (primary N) is 1. The molecule has 11 heteroatoms. The van der Waals surface area contributed by atoms with Crippen molar-refractivity contribution < 1.29 is 23.8 Å². The number of fused-ring (bicyclic) bond motifs is 1. The van der Waals surface area contributed by atoms with Crippen LogP contribution in [0.15, 0.2) is 42.6 Å². The number of aromatic hydroxyl groups is 1. The minimum absolute atomic E-state index is 0.0559. The summed E-state index contributed by atoms with van der Waals surface area (Å²) in [6, 6.07) is 11.2. The predicted octanol–water partition coefficient (Wildman–Crippen LogP) is 4.09. The highest BCUT2D eigenvalue weighted by Crippen LogP contribution is 2.43. The van der Waals surface area contributed by atoms with E-state index in [4.69, 9.17) is 20.2 Å². The number of piperidine rings is 1. The summed E-state index contributed by atoms with van der Waals surface area (Å²) >= 11 is 0. The van der Waals surface area contributed by atoms with E-state index < -0.39 is 11.9 Å². The van der Waals surface area contributed by atoms with Gasteiger partial charge in [-0.05, 0) is 29.8 Å². The second kappa shape index (κ2) is 9.89. The molecule has 0 saturated carbocycles. The number of primary amides is 1. The van der Waals surface area contributed by atoms with Crippen molar-refractivity contribution in [1.82, 2.24) is 14.8 Å². The fourth-order valence-corrected chi connectivity index (χ4v) is 4.90. The molecule has 2 aromatic carbocycles. The number of pyridine rings is 1. The topological polar surface area (TPSA) is 140 Å². The molecule has 1 aliphatic rings. The van der Waals surface area contributed by atoms with Gasteiger partial charge in [-0.2, -0.15) is 10.4 Å². The van der Waals surface area contributed by atoms with Crippen LogP contribution < -0.4 is 15.4 Å². The van der Waals surface area contributed by atoms with Gasteiger partial charge in [0.2, 0.25) is 0 Å². The number of aryl methyl sites for hydroxylation is 1. The molecule has 0 aliphatic carbocycles. The number of anilines is 1. The largest absolute Gasteiger partial charge is 0.504 e. The second-order valence-corrected chi connectivity index (χ2v) is 9.01. The predicted molar refractivity (Wildman–Crippen MR) is 138 cm³/mol. The molecular weight excluding hydrogens is 491 g/mol. The van der Waals surface area contributed by atoms with E-state index in [2.05, 4.69) is 10.00 Å². The summed E-state index contributed by atoms with van der Waals surface area (Å²) < 4.78 is 26.9. The number of hydrogen-bond donors (Lipinski definition) is 2. The monoisotopic (exact) mass is 516 g/mol. The van der Waals surface area contributed by atoms with Gasteiger partial charge in [-0.25, -0.2) is 14.2 Å². The Kier molecular flexibility index (Phi) is 6.46. The molecule has 0 unspecified atom stereocenters. The Labute approximate surface area is 217 Å². The molecule has 5 rings (SSSR count). The van der Waals surface area contributed by atoms with E-state index in [0.29, 0.717) is 59.9 Å². The molecule has 0 bridgehead atoms. The first-order valence-corrected chi connectivity index (χ1v) is 11.9. The molecule has 0 spiro atoms. The van der Waals surface area contributed by atoms with E-state index >= 15 is 0 Å². The first kappa shape index (κ1) is 24.8. The lowest BCUT2D eigenvalue weighted by molar-refractivity contribution is 0.0912. The summed E-state index contributed by atoms with van der Waals surface area (Å²) in [6.07, 6.45) is 1.77. The fraction of sp³-hybridized carbons (Fsp3) is 0.259. The molecule has 1 amide bonds. The van der Waals surface area contributed by atoms with Gasteiger partial charge in [-0.3, -0.25) is 4.68 Å². The number of nitriles is 1. The molecule has 0 atom stereocenters. The number of ether oxygens (including phenoxy) is 2. The van der Waals surface area contributed by atoms with Crippen molar-refractivity contribution in [3.8, 4) is 40.0 Å². The smallest absolute Gasteiger partial charge is 0.404 e. The zero-order chi connectivity index (χ0) is 27.0. The van der Waals surface area contributed by atoms with Crippen LogP contribution in [0.1, 0.15) is 18.4 Å². The lowest BCUT2D eigenvalue weighted by Gasteiger charge is -2.33. The van der Waals surface area contributed by atoms with E-state index in [0.717, 1.165) is 10.9 Å². The van der Waals surface area contributed by atoms with Crippen molar-refractivity contribution in [2.45, 2.75) is 18.9 Å². The summed E-state index contributed by atoms with van der Waals surface area (Å²) in [5, 5.41) is 25.0. The molecule has 1 aliphatic heterocycles. The lowest BCUT2D eigenvalue weighted by Crippen LogP contribution is -2.39. The summed E-state index contributed by atoms with van der Waals surface area (Å²) in [5.41, 5.74) is 8.07. The summed E-state index contributed by atoms with van der Waals surface area (Å²) in [6.45, 7) is 1.10. The molecule has 0 radical (unpaired) electrons. The Hall–Kier alpha value is -4.85. The van der Waals surface area contributed by atoms with Gasteiger partial charge < -0.3 is 25.2 Å². The third-order valence-corrected chi connectivity index (χ3v) is 6.73. The van der Waals surface area contributed by atoms with Crippen molar-refractivity contribution in [3.05, 3.63) is 54.0 Å². The zero-order valence-electron chi connectivity index (χ0n) is 20.8. The standard InChI is InChI=1S/C27H25FN6O4/c1-33-25-19(14-31-33)23(15-5-6-22(37-2)21(35)12-15)24(16-3-4-17(13-29)20(28)11-16)32-26(25)34-9-7-18(8-10-34)38-27(30)36/h3-6,11-12,14,18,35H,7-10H2,1-2H3,(H2,30,36). The van der Waals surface area contributed by atoms with Crippen LogP contribution in [0.3, 0.4) is 0 Å². The minimum Gasteiger partial charge on any atom is -0.504 e. The molecule has 194 valence electrons. The lowest BCUT2D eigenvalue weighted by atomic mass is 9.95. The van der Waals surface area contributed by atoms with E-state index in [-0.39, 0.29) is 17.4 Å². The van der Waals surface area contributed by atoms with Gasteiger partial charge in [0.1, 0.15) is 23.5 Å². The Morgan fingerprint density at radius 2 is 1.95 bits per heavy atom. The van der Waals surface area contributed by atoms with Gasteiger partial charge in [-0.15, -0.1) is 0 Å². The SMILES string of the molecule is COc1ccc(-c2c(-c3ccc(C#N)c(F)c3)nc(N3CCC(OC(N)=O)CC3)c3c2cnn3C)cc1O. The van der Waals surface area contributed by atoms with Crippen LogP contribution >= 0.6 is 0 Å². The third kappa shape index (κ3) is 4.41. The number of aromatic nitrogens is 3. The van der Waals surface area contributed by atoms with Gasteiger partial charge in [0.15, 0.2) is 17.3 Å². The number of phenolic OH excluding ortho intramolecular Hbond substituents is 1. The van der Waals surface area contributed by atoms with E-state index in [9.17, 15) is 19.6 Å². The normalized spacial score (nSPS) is 13.9. The number of hydrogen-bond acceptors (Lipinski definition) is 8. The van der Waals surface area contributed by atoms with Crippen LogP contribution in [0.5, 0.6) is 11.5 Å². The van der Waals surface area contributed by atoms with E-state index in [1.54, 1.807) is 35.1 Å². The Bertz CT molecular complexity index is 1590. The molecule has 1 saturated heterocycles. The van der Waals surface area contributed by atoms with Crippen LogP contribution in [0.2, 0.25) is 0 Å². The minimum atomic E-state index is -0.798. The highest BCUT2D eigenvalue weighted by molar-refractivity contribution is 6.06. The second-order valence-electron chi connectivity index (χ2n) is 9.01. The quantitative estimate of drug-likeness (QED) is 0.404. The Morgan fingerprint density at radius 1 is 1.21 bits per heavy atom. The maximum Gasteiger partial charge on any atom is 0.404 e. The molecule has 4 aromatic rings. The van der Waals surface area contributed by atoms with Crippen LogP contribution in [0, 0.1) is 17.1 Å². The van der Waals surface area contributed by atoms with Crippen molar-refractivity contribution in [2.24, 2.45) is 12.8 Å². The molecule has 38 heavy (non-hydrogen) atoms. The third-order valence-electron chi connectivity index (χ3n) is 6.73. The molecular formula is C27H25FN6O4. The first-order chi connectivity index (χ1) is 18.3. The Balaban J connectivity index is 1.72. The average Bonchev–Trinajstić information content (AvgIpc) is 3.29. The average molecular weight is 517 g/mol. The number of carbonyl (C=O) groups excluding carboxylic acids is 1. The van der Waals surface area contributed by atoms with E-state index in [1.807, 2.05) is 13.1 Å². The van der Waals surface area contributed by atoms with Gasteiger partial charge in [0, 0.05) is 49.5 Å². The van der Waals surface area contributed by atoms with Crippen molar-refractivity contribution in [2.75, 3.05) is 25.1 Å². The summed E-state index contributed by atoms with van der Waals surface area (Å²) in [7, 11) is 3.28. The number of benzene rings is 2. The van der Waals surface area contributed by atoms with Gasteiger partial charge >= 0.3 is 6.09 Å². The Morgan fingerprint density at radius 3 is 2.58 bits per heavy atom. The molecule has 3 N–H and O–H groups in total. The van der Waals surface area contributed by atoms with Crippen LogP contribution in [0.4, 0.5) is 15.0 Å². The number of carbonyl (C=O) groups is 1. The number of nitrogens with zero attached hydrogens (tertiary/aromatic N) is 5. The van der Waals surface area contributed by atoms with Crippen molar-refractivity contribution in [3.63, 3.8) is 0 Å². The van der Waals surface area contributed by atoms with Crippen molar-refractivity contribution in [1.29, 1.82) is 5.26 Å². The highest BCUT2D eigenvalue weighted by Gasteiger charge is 2.28. The maximum atomic E-state index is 14.8. The zero-order valence-corrected chi connectivity index (χ0v) is 20.8. The summed E-state index contributed by atoms with van der Waals surface area (Å²) in [5.74, 6) is 0.235. The maximum absolute atomic E-state index is 14.8. The number of rotatable bonds is 5. The molecule has 10 nitrogen and oxygen atoms in total. The van der Waals surface area contributed by atoms with Gasteiger partial charge in [-0.1, -0.05) is 12.1 Å². The van der Waals surface area contributed by atoms with Gasteiger partial charge in [0.05, 0.1) is 24.6 Å². The van der Waals surface area contributed by atoms with E-state index in [1.165, 1.54) is 19.2 Å². The number of amides is 1. The molecule has 1 fully saturated rings.